The SMILES string of the molecule is Cc1ccc(Cn2c(=O)c(N3CCC[C@@H](C(=O)NCc4ccc(C)o4)C3)nc3cccnc32)cc1. The highest BCUT2D eigenvalue weighted by atomic mass is 16.3. The van der Waals surface area contributed by atoms with Crippen LogP contribution in [0.3, 0.4) is 0 Å². The van der Waals surface area contributed by atoms with Crippen molar-refractivity contribution in [2.45, 2.75) is 39.8 Å². The first-order valence-corrected chi connectivity index (χ1v) is 12.0. The van der Waals surface area contributed by atoms with E-state index in [0.29, 0.717) is 43.2 Å². The number of aromatic nitrogens is 3. The Hall–Kier alpha value is -3.94. The number of hydrogen-bond acceptors (Lipinski definition) is 6. The monoisotopic (exact) mass is 471 g/mol. The lowest BCUT2D eigenvalue weighted by Crippen LogP contribution is -2.45. The molecule has 1 atom stereocenters. The van der Waals surface area contributed by atoms with Gasteiger partial charge in [-0.15, -0.1) is 0 Å². The van der Waals surface area contributed by atoms with Gasteiger partial charge in [-0.3, -0.25) is 14.2 Å². The molecule has 1 aliphatic rings. The predicted molar refractivity (Wildman–Crippen MR) is 134 cm³/mol. The molecule has 8 nitrogen and oxygen atoms in total. The number of amides is 1. The van der Waals surface area contributed by atoms with E-state index in [-0.39, 0.29) is 17.4 Å². The van der Waals surface area contributed by atoms with Gasteiger partial charge in [0.15, 0.2) is 11.5 Å². The van der Waals surface area contributed by atoms with Crippen LogP contribution < -0.4 is 15.8 Å². The van der Waals surface area contributed by atoms with Crippen LogP contribution in [0.5, 0.6) is 0 Å². The van der Waals surface area contributed by atoms with Crippen LogP contribution in [0.1, 0.15) is 35.5 Å². The number of aryl methyl sites for hydroxylation is 2. The van der Waals surface area contributed by atoms with Crippen LogP contribution in [-0.4, -0.2) is 33.5 Å². The van der Waals surface area contributed by atoms with Gasteiger partial charge in [-0.2, -0.15) is 0 Å². The van der Waals surface area contributed by atoms with E-state index in [2.05, 4.69) is 15.3 Å². The second kappa shape index (κ2) is 9.74. The van der Waals surface area contributed by atoms with Gasteiger partial charge in [-0.05, 0) is 56.5 Å². The van der Waals surface area contributed by atoms with Crippen molar-refractivity contribution in [3.8, 4) is 0 Å². The lowest BCUT2D eigenvalue weighted by Gasteiger charge is -2.32. The summed E-state index contributed by atoms with van der Waals surface area (Å²) in [7, 11) is 0. The van der Waals surface area contributed by atoms with Crippen LogP contribution in [0, 0.1) is 19.8 Å². The van der Waals surface area contributed by atoms with Crippen molar-refractivity contribution >= 4 is 22.9 Å². The molecule has 1 fully saturated rings. The third-order valence-electron chi connectivity index (χ3n) is 6.47. The molecular weight excluding hydrogens is 442 g/mol. The van der Waals surface area contributed by atoms with Crippen molar-refractivity contribution < 1.29 is 9.21 Å². The minimum absolute atomic E-state index is 0.0359. The van der Waals surface area contributed by atoms with Crippen molar-refractivity contribution in [2.75, 3.05) is 18.0 Å². The fraction of sp³-hybridized carbons (Fsp3) is 0.333. The Labute approximate surface area is 203 Å². The number of piperidine rings is 1. The molecule has 5 rings (SSSR count). The molecule has 3 aromatic heterocycles. The number of anilines is 1. The molecule has 0 aliphatic carbocycles. The van der Waals surface area contributed by atoms with Crippen molar-refractivity contribution in [3.63, 3.8) is 0 Å². The average Bonchev–Trinajstić information content (AvgIpc) is 3.30. The minimum atomic E-state index is -0.226. The molecule has 0 radical (unpaired) electrons. The van der Waals surface area contributed by atoms with Gasteiger partial charge in [0.25, 0.3) is 5.56 Å². The van der Waals surface area contributed by atoms with Gasteiger partial charge in [-0.25, -0.2) is 9.97 Å². The van der Waals surface area contributed by atoms with Crippen molar-refractivity contribution in [3.05, 3.63) is 87.7 Å². The molecule has 1 N–H and O–H groups in total. The van der Waals surface area contributed by atoms with Crippen LogP contribution in [0.2, 0.25) is 0 Å². The summed E-state index contributed by atoms with van der Waals surface area (Å²) in [6.45, 7) is 5.80. The lowest BCUT2D eigenvalue weighted by atomic mass is 9.97. The molecule has 0 saturated carbocycles. The summed E-state index contributed by atoms with van der Waals surface area (Å²) in [5.74, 6) is 1.65. The zero-order chi connectivity index (χ0) is 24.4. The molecule has 1 amide bonds. The number of fused-ring (bicyclic) bond motifs is 1. The highest BCUT2D eigenvalue weighted by molar-refractivity contribution is 5.79. The third-order valence-corrected chi connectivity index (χ3v) is 6.47. The molecule has 0 spiro atoms. The molecule has 4 aromatic rings. The average molecular weight is 472 g/mol. The molecule has 0 unspecified atom stereocenters. The first kappa shape index (κ1) is 22.8. The number of pyridine rings is 1. The first-order chi connectivity index (χ1) is 17.0. The Morgan fingerprint density at radius 3 is 2.74 bits per heavy atom. The van der Waals surface area contributed by atoms with Crippen LogP contribution in [-0.2, 0) is 17.9 Å². The second-order valence-corrected chi connectivity index (χ2v) is 9.17. The van der Waals surface area contributed by atoms with Crippen molar-refractivity contribution in [1.29, 1.82) is 0 Å². The zero-order valence-corrected chi connectivity index (χ0v) is 20.0. The van der Waals surface area contributed by atoms with Crippen molar-refractivity contribution in [2.24, 2.45) is 5.92 Å². The Balaban J connectivity index is 1.40. The molecule has 0 bridgehead atoms. The number of carbonyl (C=O) groups is 1. The van der Waals surface area contributed by atoms with E-state index in [1.54, 1.807) is 10.8 Å². The summed E-state index contributed by atoms with van der Waals surface area (Å²) < 4.78 is 7.24. The minimum Gasteiger partial charge on any atom is -0.465 e. The fourth-order valence-corrected chi connectivity index (χ4v) is 4.57. The largest absolute Gasteiger partial charge is 0.465 e. The number of rotatable bonds is 6. The van der Waals surface area contributed by atoms with Crippen LogP contribution in [0.15, 0.2) is 63.9 Å². The van der Waals surface area contributed by atoms with Gasteiger partial charge in [-0.1, -0.05) is 29.8 Å². The molecular formula is C27H29N5O3. The fourth-order valence-electron chi connectivity index (χ4n) is 4.57. The number of furan rings is 1. The number of nitrogens with one attached hydrogen (secondary N) is 1. The number of hydrogen-bond donors (Lipinski definition) is 1. The number of benzene rings is 1. The first-order valence-electron chi connectivity index (χ1n) is 12.0. The predicted octanol–water partition coefficient (Wildman–Crippen LogP) is 3.58. The summed E-state index contributed by atoms with van der Waals surface area (Å²) in [6, 6.07) is 15.6. The van der Waals surface area contributed by atoms with E-state index in [4.69, 9.17) is 4.42 Å². The topological polar surface area (TPSA) is 93.3 Å². The van der Waals surface area contributed by atoms with Crippen molar-refractivity contribution in [1.82, 2.24) is 19.9 Å². The van der Waals surface area contributed by atoms with E-state index < -0.39 is 0 Å². The Morgan fingerprint density at radius 2 is 1.97 bits per heavy atom. The van der Waals surface area contributed by atoms with Crippen LogP contribution >= 0.6 is 0 Å². The van der Waals surface area contributed by atoms with Gasteiger partial charge in [0.1, 0.15) is 17.0 Å². The quantitative estimate of drug-likeness (QED) is 0.462. The van der Waals surface area contributed by atoms with Gasteiger partial charge >= 0.3 is 0 Å². The number of carbonyl (C=O) groups excluding carboxylic acids is 1. The summed E-state index contributed by atoms with van der Waals surface area (Å²) in [6.07, 6.45) is 3.25. The number of nitrogens with zero attached hydrogens (tertiary/aromatic N) is 4. The Kier molecular flexibility index (Phi) is 6.35. The van der Waals surface area contributed by atoms with Crippen LogP contribution in [0.25, 0.3) is 11.2 Å². The highest BCUT2D eigenvalue weighted by Gasteiger charge is 2.29. The van der Waals surface area contributed by atoms with Gasteiger partial charge < -0.3 is 14.6 Å². The van der Waals surface area contributed by atoms with E-state index in [0.717, 1.165) is 29.9 Å². The molecule has 35 heavy (non-hydrogen) atoms. The highest BCUT2D eigenvalue weighted by Crippen LogP contribution is 2.22. The van der Waals surface area contributed by atoms with E-state index in [1.165, 1.54) is 5.56 Å². The summed E-state index contributed by atoms with van der Waals surface area (Å²) >= 11 is 0. The molecule has 1 aliphatic heterocycles. The summed E-state index contributed by atoms with van der Waals surface area (Å²) in [4.78, 5) is 37.6. The van der Waals surface area contributed by atoms with E-state index in [1.807, 2.05) is 67.3 Å². The molecule has 8 heteroatoms. The smallest absolute Gasteiger partial charge is 0.295 e. The normalized spacial score (nSPS) is 15.9. The maximum atomic E-state index is 13.6. The molecule has 180 valence electrons. The van der Waals surface area contributed by atoms with Gasteiger partial charge in [0.2, 0.25) is 5.91 Å². The Bertz CT molecular complexity index is 1410. The molecule has 1 saturated heterocycles. The standard InChI is InChI=1S/C27H29N5O3/c1-18-7-10-20(11-8-18)16-32-24-23(6-3-13-28-24)30-25(27(32)34)31-14-4-5-21(17-31)26(33)29-15-22-12-9-19(2)35-22/h3,6-13,21H,4-5,14-17H2,1-2H3,(H,29,33)/t21-/m1/s1. The molecule has 1 aromatic carbocycles. The third kappa shape index (κ3) is 4.96. The summed E-state index contributed by atoms with van der Waals surface area (Å²) in [5, 5.41) is 2.97. The van der Waals surface area contributed by atoms with Gasteiger partial charge in [0, 0.05) is 19.3 Å². The van der Waals surface area contributed by atoms with Gasteiger partial charge in [0.05, 0.1) is 19.0 Å². The Morgan fingerprint density at radius 1 is 1.14 bits per heavy atom. The van der Waals surface area contributed by atoms with E-state index in [9.17, 15) is 9.59 Å². The second-order valence-electron chi connectivity index (χ2n) is 9.17. The van der Waals surface area contributed by atoms with Crippen LogP contribution in [0.4, 0.5) is 5.82 Å². The maximum Gasteiger partial charge on any atom is 0.295 e. The maximum absolute atomic E-state index is 13.6. The lowest BCUT2D eigenvalue weighted by molar-refractivity contribution is -0.125. The molecule has 4 heterocycles. The van der Waals surface area contributed by atoms with E-state index >= 15 is 0 Å². The summed E-state index contributed by atoms with van der Waals surface area (Å²) in [5.41, 5.74) is 3.21. The zero-order valence-electron chi connectivity index (χ0n) is 20.0.